The number of hydrogen-bond acceptors (Lipinski definition) is 2. The molecule has 1 unspecified atom stereocenters. The van der Waals surface area contributed by atoms with E-state index in [2.05, 4.69) is 11.8 Å². The summed E-state index contributed by atoms with van der Waals surface area (Å²) < 4.78 is 5.38. The van der Waals surface area contributed by atoms with Crippen molar-refractivity contribution in [3.05, 3.63) is 34.9 Å². The highest BCUT2D eigenvalue weighted by Gasteiger charge is 2.39. The van der Waals surface area contributed by atoms with Gasteiger partial charge in [-0.15, -0.1) is 0 Å². The zero-order valence-corrected chi connectivity index (χ0v) is 13.2. The Balaban J connectivity index is 1.77. The molecule has 1 saturated heterocycles. The Bertz CT molecular complexity index is 492. The first-order valence-electron chi connectivity index (χ1n) is 7.82. The summed E-state index contributed by atoms with van der Waals surface area (Å²) in [4.78, 5) is 15.0. The molecular formula is C17H22ClNO2. The minimum Gasteiger partial charge on any atom is -0.381 e. The predicted molar refractivity (Wildman–Crippen MR) is 83.3 cm³/mol. The first kappa shape index (κ1) is 14.9. The first-order chi connectivity index (χ1) is 10.2. The Labute approximate surface area is 131 Å². The highest BCUT2D eigenvalue weighted by Crippen LogP contribution is 2.37. The number of carbonyl (C=O) groups is 1. The van der Waals surface area contributed by atoms with Gasteiger partial charge in [0.2, 0.25) is 5.91 Å². The number of hydrogen-bond donors (Lipinski definition) is 0. The molecule has 1 amide bonds. The van der Waals surface area contributed by atoms with Crippen LogP contribution in [0.5, 0.6) is 0 Å². The number of rotatable bonds is 4. The number of carbonyl (C=O) groups excluding carboxylic acids is 1. The second kappa shape index (κ2) is 6.37. The Kier molecular flexibility index (Phi) is 4.51. The van der Waals surface area contributed by atoms with Crippen LogP contribution < -0.4 is 0 Å². The van der Waals surface area contributed by atoms with Gasteiger partial charge < -0.3 is 9.64 Å². The molecule has 0 radical (unpaired) electrons. The van der Waals surface area contributed by atoms with Crippen molar-refractivity contribution in [3.8, 4) is 0 Å². The molecule has 4 heteroatoms. The van der Waals surface area contributed by atoms with Crippen molar-refractivity contribution in [1.29, 1.82) is 0 Å². The van der Waals surface area contributed by atoms with Gasteiger partial charge in [-0.05, 0) is 50.3 Å². The summed E-state index contributed by atoms with van der Waals surface area (Å²) in [6.07, 6.45) is 3.98. The maximum atomic E-state index is 12.9. The van der Waals surface area contributed by atoms with Crippen LogP contribution in [0.1, 0.15) is 44.2 Å². The summed E-state index contributed by atoms with van der Waals surface area (Å²) in [5.41, 5.74) is 1.16. The van der Waals surface area contributed by atoms with E-state index in [0.717, 1.165) is 36.3 Å². The number of ether oxygens (including phenoxy) is 1. The molecule has 3 nitrogen and oxygen atoms in total. The first-order valence-corrected chi connectivity index (χ1v) is 8.20. The van der Waals surface area contributed by atoms with Crippen molar-refractivity contribution < 1.29 is 9.53 Å². The molecule has 1 heterocycles. The fourth-order valence-electron chi connectivity index (χ4n) is 3.10. The number of nitrogens with zero attached hydrogens (tertiary/aromatic N) is 1. The fourth-order valence-corrected chi connectivity index (χ4v) is 3.22. The topological polar surface area (TPSA) is 29.5 Å². The van der Waals surface area contributed by atoms with Crippen LogP contribution in [0.4, 0.5) is 0 Å². The Morgan fingerprint density at radius 1 is 1.19 bits per heavy atom. The van der Waals surface area contributed by atoms with E-state index in [1.807, 2.05) is 24.3 Å². The predicted octanol–water partition coefficient (Wildman–Crippen LogP) is 3.82. The van der Waals surface area contributed by atoms with E-state index in [9.17, 15) is 4.79 Å². The highest BCUT2D eigenvalue weighted by molar-refractivity contribution is 6.30. The van der Waals surface area contributed by atoms with E-state index >= 15 is 0 Å². The SMILES string of the molecule is CC(c1ccc(Cl)cc1)N(C(=O)C1CCOCC1)C1CC1. The molecule has 21 heavy (non-hydrogen) atoms. The van der Waals surface area contributed by atoms with Crippen molar-refractivity contribution in [2.75, 3.05) is 13.2 Å². The molecule has 1 aromatic carbocycles. The number of benzene rings is 1. The van der Waals surface area contributed by atoms with Crippen LogP contribution in [0.2, 0.25) is 5.02 Å². The van der Waals surface area contributed by atoms with E-state index in [1.54, 1.807) is 0 Å². The normalized spacial score (nSPS) is 21.0. The van der Waals surface area contributed by atoms with Crippen LogP contribution in [0.25, 0.3) is 0 Å². The molecule has 1 saturated carbocycles. The highest BCUT2D eigenvalue weighted by atomic mass is 35.5. The van der Waals surface area contributed by atoms with Gasteiger partial charge in [0.15, 0.2) is 0 Å². The third kappa shape index (κ3) is 3.41. The second-order valence-corrected chi connectivity index (χ2v) is 6.53. The van der Waals surface area contributed by atoms with Gasteiger partial charge in [-0.2, -0.15) is 0 Å². The third-order valence-corrected chi connectivity index (χ3v) is 4.79. The summed E-state index contributed by atoms with van der Waals surface area (Å²) in [6.45, 7) is 3.55. The lowest BCUT2D eigenvalue weighted by atomic mass is 9.96. The lowest BCUT2D eigenvalue weighted by Gasteiger charge is -2.34. The van der Waals surface area contributed by atoms with Gasteiger partial charge in [-0.25, -0.2) is 0 Å². The quantitative estimate of drug-likeness (QED) is 0.846. The lowest BCUT2D eigenvalue weighted by Crippen LogP contribution is -2.41. The van der Waals surface area contributed by atoms with Crippen molar-refractivity contribution in [1.82, 2.24) is 4.90 Å². The molecule has 3 rings (SSSR count). The zero-order chi connectivity index (χ0) is 14.8. The Morgan fingerprint density at radius 2 is 1.81 bits per heavy atom. The van der Waals surface area contributed by atoms with Gasteiger partial charge in [0.1, 0.15) is 0 Å². The minimum absolute atomic E-state index is 0.116. The molecule has 0 aromatic heterocycles. The fraction of sp³-hybridized carbons (Fsp3) is 0.588. The van der Waals surface area contributed by atoms with Gasteiger partial charge >= 0.3 is 0 Å². The molecule has 1 aromatic rings. The number of halogens is 1. The summed E-state index contributed by atoms with van der Waals surface area (Å²) in [6, 6.07) is 8.39. The van der Waals surface area contributed by atoms with Crippen molar-refractivity contribution in [3.63, 3.8) is 0 Å². The molecule has 2 aliphatic rings. The summed E-state index contributed by atoms with van der Waals surface area (Å²) in [5.74, 6) is 0.442. The van der Waals surface area contributed by atoms with Gasteiger partial charge in [0, 0.05) is 30.2 Å². The average Bonchev–Trinajstić information content (AvgIpc) is 3.33. The van der Waals surface area contributed by atoms with E-state index in [1.165, 1.54) is 0 Å². The molecule has 2 fully saturated rings. The minimum atomic E-state index is 0.116. The lowest BCUT2D eigenvalue weighted by molar-refractivity contribution is -0.141. The van der Waals surface area contributed by atoms with E-state index in [0.29, 0.717) is 25.2 Å². The van der Waals surface area contributed by atoms with Crippen molar-refractivity contribution in [2.45, 2.75) is 44.7 Å². The molecule has 0 spiro atoms. The Hall–Kier alpha value is -1.06. The van der Waals surface area contributed by atoms with Crippen LogP contribution in [0, 0.1) is 5.92 Å². The van der Waals surface area contributed by atoms with E-state index in [-0.39, 0.29) is 12.0 Å². The van der Waals surface area contributed by atoms with Crippen molar-refractivity contribution in [2.24, 2.45) is 5.92 Å². The van der Waals surface area contributed by atoms with Gasteiger partial charge in [-0.1, -0.05) is 23.7 Å². The molecule has 1 aliphatic carbocycles. The van der Waals surface area contributed by atoms with Gasteiger partial charge in [-0.3, -0.25) is 4.79 Å². The Morgan fingerprint density at radius 3 is 2.38 bits per heavy atom. The van der Waals surface area contributed by atoms with Crippen LogP contribution >= 0.6 is 11.6 Å². The zero-order valence-electron chi connectivity index (χ0n) is 12.4. The molecular weight excluding hydrogens is 286 g/mol. The van der Waals surface area contributed by atoms with Crippen LogP contribution in [0.15, 0.2) is 24.3 Å². The van der Waals surface area contributed by atoms with Crippen LogP contribution in [-0.4, -0.2) is 30.1 Å². The smallest absolute Gasteiger partial charge is 0.226 e. The number of amides is 1. The maximum absolute atomic E-state index is 12.9. The molecule has 114 valence electrons. The molecule has 0 bridgehead atoms. The molecule has 1 atom stereocenters. The maximum Gasteiger partial charge on any atom is 0.226 e. The van der Waals surface area contributed by atoms with Crippen LogP contribution in [-0.2, 0) is 9.53 Å². The average molecular weight is 308 g/mol. The standard InChI is InChI=1S/C17H22ClNO2/c1-12(13-2-4-15(18)5-3-13)19(16-6-7-16)17(20)14-8-10-21-11-9-14/h2-5,12,14,16H,6-11H2,1H3. The van der Waals surface area contributed by atoms with E-state index in [4.69, 9.17) is 16.3 Å². The van der Waals surface area contributed by atoms with Crippen molar-refractivity contribution >= 4 is 17.5 Å². The summed E-state index contributed by atoms with van der Waals surface area (Å²) >= 11 is 5.96. The van der Waals surface area contributed by atoms with Gasteiger partial charge in [0.25, 0.3) is 0 Å². The third-order valence-electron chi connectivity index (χ3n) is 4.53. The summed E-state index contributed by atoms with van der Waals surface area (Å²) in [5, 5.41) is 0.736. The van der Waals surface area contributed by atoms with E-state index < -0.39 is 0 Å². The van der Waals surface area contributed by atoms with Gasteiger partial charge in [0.05, 0.1) is 6.04 Å². The monoisotopic (exact) mass is 307 g/mol. The largest absolute Gasteiger partial charge is 0.381 e. The van der Waals surface area contributed by atoms with Crippen LogP contribution in [0.3, 0.4) is 0 Å². The molecule has 1 aliphatic heterocycles. The second-order valence-electron chi connectivity index (χ2n) is 6.09. The molecule has 0 N–H and O–H groups in total. The summed E-state index contributed by atoms with van der Waals surface area (Å²) in [7, 11) is 0.